The molecule has 0 aromatic carbocycles. The van der Waals surface area contributed by atoms with Crippen molar-refractivity contribution in [1.29, 1.82) is 0 Å². The van der Waals surface area contributed by atoms with E-state index in [0.717, 1.165) is 18.9 Å². The molecule has 0 bridgehead atoms. The van der Waals surface area contributed by atoms with Gasteiger partial charge in [0.2, 0.25) is 5.95 Å². The summed E-state index contributed by atoms with van der Waals surface area (Å²) < 4.78 is 0. The Labute approximate surface area is 95.5 Å². The average Bonchev–Trinajstić information content (AvgIpc) is 2.25. The molecule has 0 saturated heterocycles. The zero-order valence-electron chi connectivity index (χ0n) is 9.77. The van der Waals surface area contributed by atoms with Crippen LogP contribution in [0.2, 0.25) is 0 Å². The first kappa shape index (κ1) is 12.5. The monoisotopic (exact) mass is 225 g/mol. The molecule has 16 heavy (non-hydrogen) atoms. The first-order valence-corrected chi connectivity index (χ1v) is 5.45. The maximum atomic E-state index is 8.94. The Hall–Kier alpha value is -1.56. The summed E-state index contributed by atoms with van der Waals surface area (Å²) in [7, 11) is 0. The molecule has 0 fully saturated rings. The maximum absolute atomic E-state index is 8.94. The second-order valence-corrected chi connectivity index (χ2v) is 3.30. The smallest absolute Gasteiger partial charge is 0.223 e. The van der Waals surface area contributed by atoms with Crippen molar-refractivity contribution in [3.8, 4) is 0 Å². The third-order valence-corrected chi connectivity index (χ3v) is 2.16. The van der Waals surface area contributed by atoms with Crippen molar-refractivity contribution in [3.05, 3.63) is 6.07 Å². The molecule has 90 valence electrons. The summed E-state index contributed by atoms with van der Waals surface area (Å²) in [6.07, 6.45) is 0. The van der Waals surface area contributed by atoms with Crippen LogP contribution in [0, 0.1) is 0 Å². The standard InChI is InChI=1S/C10H19N5O/c1-3-12-8-7-9(14-10(11)13-8)15(4-2)5-6-16/h7,16H,3-6H2,1-2H3,(H3,11,12,13,14). The summed E-state index contributed by atoms with van der Waals surface area (Å²) in [4.78, 5) is 10.2. The van der Waals surface area contributed by atoms with Crippen LogP contribution in [0.15, 0.2) is 6.07 Å². The predicted molar refractivity (Wildman–Crippen MR) is 65.6 cm³/mol. The number of anilines is 3. The number of likely N-dealkylation sites (N-methyl/N-ethyl adjacent to an activating group) is 1. The molecule has 0 saturated carbocycles. The number of hydrogen-bond acceptors (Lipinski definition) is 6. The van der Waals surface area contributed by atoms with Gasteiger partial charge in [0, 0.05) is 25.7 Å². The molecule has 0 spiro atoms. The molecule has 0 radical (unpaired) electrons. The summed E-state index contributed by atoms with van der Waals surface area (Å²) >= 11 is 0. The normalized spacial score (nSPS) is 10.2. The van der Waals surface area contributed by atoms with Gasteiger partial charge in [0.1, 0.15) is 11.6 Å². The highest BCUT2D eigenvalue weighted by molar-refractivity contribution is 5.52. The summed E-state index contributed by atoms with van der Waals surface area (Å²) in [5.41, 5.74) is 5.63. The number of aliphatic hydroxyl groups excluding tert-OH is 1. The fourth-order valence-electron chi connectivity index (χ4n) is 1.44. The van der Waals surface area contributed by atoms with E-state index in [4.69, 9.17) is 10.8 Å². The van der Waals surface area contributed by atoms with Gasteiger partial charge in [-0.3, -0.25) is 0 Å². The number of nitrogens with one attached hydrogen (secondary N) is 1. The van der Waals surface area contributed by atoms with Gasteiger partial charge in [0.15, 0.2) is 0 Å². The highest BCUT2D eigenvalue weighted by Gasteiger charge is 2.08. The van der Waals surface area contributed by atoms with Crippen LogP contribution in [-0.4, -0.2) is 41.3 Å². The molecular formula is C10H19N5O. The largest absolute Gasteiger partial charge is 0.395 e. The Morgan fingerprint density at radius 2 is 2.19 bits per heavy atom. The molecule has 1 heterocycles. The van der Waals surface area contributed by atoms with E-state index in [0.29, 0.717) is 12.4 Å². The Morgan fingerprint density at radius 1 is 1.44 bits per heavy atom. The van der Waals surface area contributed by atoms with E-state index >= 15 is 0 Å². The van der Waals surface area contributed by atoms with E-state index in [-0.39, 0.29) is 12.6 Å². The molecule has 4 N–H and O–H groups in total. The number of nitrogen functional groups attached to an aromatic ring is 1. The third kappa shape index (κ3) is 3.23. The van der Waals surface area contributed by atoms with E-state index in [9.17, 15) is 0 Å². The van der Waals surface area contributed by atoms with Gasteiger partial charge in [-0.1, -0.05) is 0 Å². The first-order chi connectivity index (χ1) is 7.71. The van der Waals surface area contributed by atoms with E-state index in [2.05, 4.69) is 15.3 Å². The zero-order valence-corrected chi connectivity index (χ0v) is 9.77. The SMILES string of the molecule is CCNc1cc(N(CC)CCO)nc(N)n1. The van der Waals surface area contributed by atoms with Gasteiger partial charge in [-0.05, 0) is 13.8 Å². The lowest BCUT2D eigenvalue weighted by Crippen LogP contribution is -2.27. The third-order valence-electron chi connectivity index (χ3n) is 2.16. The number of aliphatic hydroxyl groups is 1. The fourth-order valence-corrected chi connectivity index (χ4v) is 1.44. The minimum atomic E-state index is 0.0916. The minimum absolute atomic E-state index is 0.0916. The Bertz CT molecular complexity index is 331. The number of rotatable bonds is 6. The van der Waals surface area contributed by atoms with Gasteiger partial charge >= 0.3 is 0 Å². The molecule has 6 heteroatoms. The van der Waals surface area contributed by atoms with E-state index in [1.54, 1.807) is 0 Å². The van der Waals surface area contributed by atoms with Crippen LogP contribution in [0.25, 0.3) is 0 Å². The fraction of sp³-hybridized carbons (Fsp3) is 0.600. The molecule has 0 unspecified atom stereocenters. The van der Waals surface area contributed by atoms with Gasteiger partial charge in [0.05, 0.1) is 6.61 Å². The highest BCUT2D eigenvalue weighted by Crippen LogP contribution is 2.16. The van der Waals surface area contributed by atoms with Crippen molar-refractivity contribution in [3.63, 3.8) is 0 Å². The van der Waals surface area contributed by atoms with Crippen LogP contribution in [-0.2, 0) is 0 Å². The van der Waals surface area contributed by atoms with Crippen LogP contribution < -0.4 is 16.0 Å². The van der Waals surface area contributed by atoms with Crippen LogP contribution in [0.1, 0.15) is 13.8 Å². The molecular weight excluding hydrogens is 206 g/mol. The molecule has 1 aromatic heterocycles. The van der Waals surface area contributed by atoms with Crippen molar-refractivity contribution < 1.29 is 5.11 Å². The average molecular weight is 225 g/mol. The van der Waals surface area contributed by atoms with Crippen LogP contribution in [0.5, 0.6) is 0 Å². The van der Waals surface area contributed by atoms with Crippen LogP contribution >= 0.6 is 0 Å². The second-order valence-electron chi connectivity index (χ2n) is 3.30. The van der Waals surface area contributed by atoms with Crippen molar-refractivity contribution in [2.75, 3.05) is 42.2 Å². The highest BCUT2D eigenvalue weighted by atomic mass is 16.3. The molecule has 0 aliphatic carbocycles. The van der Waals surface area contributed by atoms with Crippen molar-refractivity contribution in [1.82, 2.24) is 9.97 Å². The van der Waals surface area contributed by atoms with Crippen LogP contribution in [0.4, 0.5) is 17.6 Å². The minimum Gasteiger partial charge on any atom is -0.395 e. The molecule has 0 atom stereocenters. The Kier molecular flexibility index (Phi) is 4.78. The number of hydrogen-bond donors (Lipinski definition) is 3. The number of nitrogens with zero attached hydrogens (tertiary/aromatic N) is 3. The molecule has 1 rings (SSSR count). The summed E-state index contributed by atoms with van der Waals surface area (Å²) in [5.74, 6) is 1.69. The second kappa shape index (κ2) is 6.12. The summed E-state index contributed by atoms with van der Waals surface area (Å²) in [5, 5.41) is 12.0. The topological polar surface area (TPSA) is 87.3 Å². The van der Waals surface area contributed by atoms with Gasteiger partial charge in [0.25, 0.3) is 0 Å². The number of aromatic nitrogens is 2. The van der Waals surface area contributed by atoms with Gasteiger partial charge in [-0.15, -0.1) is 0 Å². The lowest BCUT2D eigenvalue weighted by Gasteiger charge is -2.21. The first-order valence-electron chi connectivity index (χ1n) is 5.45. The quantitative estimate of drug-likeness (QED) is 0.646. The molecule has 1 aromatic rings. The Morgan fingerprint density at radius 3 is 2.75 bits per heavy atom. The molecule has 0 aliphatic rings. The summed E-state index contributed by atoms with van der Waals surface area (Å²) in [6.45, 7) is 6.17. The molecule has 0 aliphatic heterocycles. The summed E-state index contributed by atoms with van der Waals surface area (Å²) in [6, 6.07) is 1.83. The van der Waals surface area contributed by atoms with Crippen molar-refractivity contribution >= 4 is 17.6 Å². The van der Waals surface area contributed by atoms with Gasteiger partial charge in [-0.25, -0.2) is 0 Å². The Balaban J connectivity index is 2.92. The van der Waals surface area contributed by atoms with E-state index in [1.165, 1.54) is 0 Å². The number of nitrogens with two attached hydrogens (primary N) is 1. The molecule has 0 amide bonds. The lowest BCUT2D eigenvalue weighted by molar-refractivity contribution is 0.302. The van der Waals surface area contributed by atoms with Crippen molar-refractivity contribution in [2.24, 2.45) is 0 Å². The van der Waals surface area contributed by atoms with Gasteiger partial charge < -0.3 is 21.1 Å². The predicted octanol–water partition coefficient (Wildman–Crippen LogP) is 0.309. The van der Waals surface area contributed by atoms with Crippen LogP contribution in [0.3, 0.4) is 0 Å². The molecule has 6 nitrogen and oxygen atoms in total. The van der Waals surface area contributed by atoms with E-state index in [1.807, 2.05) is 24.8 Å². The maximum Gasteiger partial charge on any atom is 0.223 e. The van der Waals surface area contributed by atoms with E-state index < -0.39 is 0 Å². The van der Waals surface area contributed by atoms with Gasteiger partial charge in [-0.2, -0.15) is 9.97 Å². The van der Waals surface area contributed by atoms with Crippen molar-refractivity contribution in [2.45, 2.75) is 13.8 Å². The zero-order chi connectivity index (χ0) is 12.0. The lowest BCUT2D eigenvalue weighted by atomic mass is 10.4.